The van der Waals surface area contributed by atoms with Crippen molar-refractivity contribution in [1.82, 2.24) is 10.2 Å². The molecule has 0 unspecified atom stereocenters. The smallest absolute Gasteiger partial charge is 0.411 e. The van der Waals surface area contributed by atoms with E-state index >= 15 is 0 Å². The van der Waals surface area contributed by atoms with Crippen molar-refractivity contribution in [2.45, 2.75) is 19.5 Å². The molecule has 144 valence electrons. The van der Waals surface area contributed by atoms with Crippen LogP contribution in [0.15, 0.2) is 53.5 Å². The summed E-state index contributed by atoms with van der Waals surface area (Å²) in [5.41, 5.74) is 4.60. The van der Waals surface area contributed by atoms with Crippen molar-refractivity contribution < 1.29 is 9.53 Å². The monoisotopic (exact) mass is 480 g/mol. The number of benzene rings is 2. The number of hydrogen-bond acceptors (Lipinski definition) is 3. The minimum atomic E-state index is -0.471. The number of ether oxygens (including phenoxy) is 1. The molecule has 2 N–H and O–H groups in total. The van der Waals surface area contributed by atoms with Crippen LogP contribution in [0.1, 0.15) is 16.7 Å². The van der Waals surface area contributed by atoms with E-state index in [1.165, 1.54) is 18.2 Å². The minimum Gasteiger partial charge on any atom is -0.453 e. The van der Waals surface area contributed by atoms with E-state index in [9.17, 15) is 4.79 Å². The number of carbonyl (C=O) groups is 1. The topological polar surface area (TPSA) is 66.0 Å². The molecular formula is C20H25IN4O2. The zero-order valence-corrected chi connectivity index (χ0v) is 17.9. The molecule has 0 fully saturated rings. The van der Waals surface area contributed by atoms with Gasteiger partial charge in [-0.3, -0.25) is 10.3 Å². The van der Waals surface area contributed by atoms with Crippen LogP contribution < -0.4 is 10.6 Å². The van der Waals surface area contributed by atoms with Crippen LogP contribution in [0, 0.1) is 0 Å². The van der Waals surface area contributed by atoms with Gasteiger partial charge in [0, 0.05) is 32.4 Å². The molecule has 0 radical (unpaired) electrons. The van der Waals surface area contributed by atoms with Gasteiger partial charge >= 0.3 is 6.09 Å². The van der Waals surface area contributed by atoms with Crippen molar-refractivity contribution in [3.63, 3.8) is 0 Å². The molecule has 7 heteroatoms. The normalized spacial score (nSPS) is 13.3. The van der Waals surface area contributed by atoms with Gasteiger partial charge in [0.2, 0.25) is 0 Å². The Hall–Kier alpha value is -2.29. The second-order valence-corrected chi connectivity index (χ2v) is 6.15. The molecule has 0 spiro atoms. The maximum Gasteiger partial charge on any atom is 0.411 e. The maximum atomic E-state index is 11.2. The van der Waals surface area contributed by atoms with Crippen molar-refractivity contribution in [2.24, 2.45) is 4.99 Å². The molecule has 1 amide bonds. The Morgan fingerprint density at radius 2 is 1.85 bits per heavy atom. The van der Waals surface area contributed by atoms with Crippen molar-refractivity contribution in [2.75, 3.05) is 26.0 Å². The van der Waals surface area contributed by atoms with E-state index < -0.39 is 6.09 Å². The second-order valence-electron chi connectivity index (χ2n) is 6.15. The molecule has 1 aliphatic heterocycles. The summed E-state index contributed by atoms with van der Waals surface area (Å²) in [5, 5.41) is 6.06. The quantitative estimate of drug-likeness (QED) is 0.400. The molecule has 2 aromatic carbocycles. The van der Waals surface area contributed by atoms with E-state index in [0.29, 0.717) is 12.2 Å². The van der Waals surface area contributed by atoms with Crippen LogP contribution in [0.3, 0.4) is 0 Å². The van der Waals surface area contributed by atoms with Gasteiger partial charge < -0.3 is 15.0 Å². The Morgan fingerprint density at radius 1 is 1.15 bits per heavy atom. The van der Waals surface area contributed by atoms with E-state index in [1.54, 1.807) is 0 Å². The van der Waals surface area contributed by atoms with Gasteiger partial charge in [0.05, 0.1) is 7.11 Å². The highest BCUT2D eigenvalue weighted by atomic mass is 127. The Balaban J connectivity index is 0.00000261. The first-order valence-corrected chi connectivity index (χ1v) is 8.66. The van der Waals surface area contributed by atoms with E-state index in [1.807, 2.05) is 31.3 Å². The highest BCUT2D eigenvalue weighted by molar-refractivity contribution is 14.0. The molecule has 1 heterocycles. The van der Waals surface area contributed by atoms with Gasteiger partial charge in [-0.1, -0.05) is 36.4 Å². The molecule has 0 aromatic heterocycles. The highest BCUT2D eigenvalue weighted by Gasteiger charge is 2.18. The van der Waals surface area contributed by atoms with Crippen LogP contribution in [0.4, 0.5) is 10.5 Å². The fourth-order valence-electron chi connectivity index (χ4n) is 3.06. The van der Waals surface area contributed by atoms with E-state index in [-0.39, 0.29) is 24.0 Å². The first-order valence-electron chi connectivity index (χ1n) is 8.66. The number of rotatable bonds is 3. The summed E-state index contributed by atoms with van der Waals surface area (Å²) in [6.45, 7) is 2.50. The molecule has 0 aliphatic carbocycles. The van der Waals surface area contributed by atoms with Crippen molar-refractivity contribution in [3.8, 4) is 0 Å². The first kappa shape index (κ1) is 21.0. The number of fused-ring (bicyclic) bond motifs is 1. The number of methoxy groups -OCH3 is 1. The number of hydrogen-bond donors (Lipinski definition) is 2. The van der Waals surface area contributed by atoms with Gasteiger partial charge in [0.1, 0.15) is 0 Å². The Kier molecular flexibility index (Phi) is 7.90. The van der Waals surface area contributed by atoms with E-state index in [4.69, 9.17) is 0 Å². The number of aliphatic imine (C=N–C) groups is 1. The summed E-state index contributed by atoms with van der Waals surface area (Å²) in [7, 11) is 3.16. The van der Waals surface area contributed by atoms with Gasteiger partial charge in [0.25, 0.3) is 0 Å². The Bertz CT molecular complexity index is 793. The fourth-order valence-corrected chi connectivity index (χ4v) is 3.06. The number of nitrogens with zero attached hydrogens (tertiary/aromatic N) is 2. The summed E-state index contributed by atoms with van der Waals surface area (Å²) in [5.74, 6) is 0.899. The third-order valence-electron chi connectivity index (χ3n) is 4.48. The number of halogens is 1. The lowest BCUT2D eigenvalue weighted by molar-refractivity contribution is 0.187. The number of carbonyl (C=O) groups excluding carboxylic acids is 1. The number of amides is 1. The number of nitrogens with one attached hydrogen (secondary N) is 2. The van der Waals surface area contributed by atoms with Crippen LogP contribution in [-0.2, 0) is 24.2 Å². The van der Waals surface area contributed by atoms with Gasteiger partial charge in [-0.15, -0.1) is 24.0 Å². The minimum absolute atomic E-state index is 0. The molecule has 2 aromatic rings. The molecule has 0 saturated heterocycles. The lowest BCUT2D eigenvalue weighted by atomic mass is 10.0. The summed E-state index contributed by atoms with van der Waals surface area (Å²) in [4.78, 5) is 17.9. The molecule has 0 bridgehead atoms. The van der Waals surface area contributed by atoms with Crippen molar-refractivity contribution in [3.05, 3.63) is 65.2 Å². The lowest BCUT2D eigenvalue weighted by Gasteiger charge is -2.31. The predicted octanol–water partition coefficient (Wildman–Crippen LogP) is 3.62. The Labute approximate surface area is 177 Å². The van der Waals surface area contributed by atoms with Crippen molar-refractivity contribution in [1.29, 1.82) is 0 Å². The van der Waals surface area contributed by atoms with Crippen LogP contribution >= 0.6 is 24.0 Å². The predicted molar refractivity (Wildman–Crippen MR) is 119 cm³/mol. The highest BCUT2D eigenvalue weighted by Crippen LogP contribution is 2.18. The molecule has 6 nitrogen and oxygen atoms in total. The summed E-state index contributed by atoms with van der Waals surface area (Å²) in [6.07, 6.45) is 0.562. The summed E-state index contributed by atoms with van der Waals surface area (Å²) >= 11 is 0. The third-order valence-corrected chi connectivity index (χ3v) is 4.48. The first-order chi connectivity index (χ1) is 12.7. The molecule has 0 saturated carbocycles. The number of anilines is 1. The standard InChI is InChI=1S/C20H24N4O2.HI/c1-21-19(24-12-11-16-5-3-4-6-17(16)14-24)22-13-15-7-9-18(10-8-15)23-20(25)26-2;/h3-10H,11-14H2,1-2H3,(H,21,22)(H,23,25);1H. The van der Waals surface area contributed by atoms with Crippen molar-refractivity contribution >= 4 is 41.7 Å². The van der Waals surface area contributed by atoms with E-state index in [2.05, 4.69) is 49.5 Å². The van der Waals surface area contributed by atoms with E-state index in [0.717, 1.165) is 31.0 Å². The molecule has 3 rings (SSSR count). The van der Waals surface area contributed by atoms with Crippen LogP contribution in [0.2, 0.25) is 0 Å². The summed E-state index contributed by atoms with van der Waals surface area (Å²) < 4.78 is 4.59. The van der Waals surface area contributed by atoms with Gasteiger partial charge in [-0.2, -0.15) is 0 Å². The fraction of sp³-hybridized carbons (Fsp3) is 0.300. The van der Waals surface area contributed by atoms with Crippen LogP contribution in [-0.4, -0.2) is 37.7 Å². The van der Waals surface area contributed by atoms with Gasteiger partial charge in [-0.05, 0) is 35.2 Å². The molecule has 27 heavy (non-hydrogen) atoms. The van der Waals surface area contributed by atoms with Gasteiger partial charge in [-0.25, -0.2) is 4.79 Å². The second kappa shape index (κ2) is 10.1. The SMILES string of the molecule is CN=C(NCc1ccc(NC(=O)OC)cc1)N1CCc2ccccc2C1.I. The largest absolute Gasteiger partial charge is 0.453 e. The zero-order chi connectivity index (χ0) is 18.4. The third kappa shape index (κ3) is 5.59. The average Bonchev–Trinajstić information content (AvgIpc) is 2.69. The Morgan fingerprint density at radius 3 is 2.52 bits per heavy atom. The average molecular weight is 480 g/mol. The molecule has 0 atom stereocenters. The maximum absolute atomic E-state index is 11.2. The van der Waals surface area contributed by atoms with Crippen LogP contribution in [0.5, 0.6) is 0 Å². The zero-order valence-electron chi connectivity index (χ0n) is 15.6. The molecular weight excluding hydrogens is 455 g/mol. The summed E-state index contributed by atoms with van der Waals surface area (Å²) in [6, 6.07) is 16.2. The molecule has 1 aliphatic rings. The number of guanidine groups is 1. The van der Waals surface area contributed by atoms with Crippen LogP contribution in [0.25, 0.3) is 0 Å². The van der Waals surface area contributed by atoms with Gasteiger partial charge in [0.15, 0.2) is 5.96 Å². The lowest BCUT2D eigenvalue weighted by Crippen LogP contribution is -2.43.